The molecule has 0 aromatic heterocycles. The van der Waals surface area contributed by atoms with Crippen LogP contribution in [0.25, 0.3) is 0 Å². The average molecular weight is 405 g/mol. The molecule has 1 saturated heterocycles. The molecule has 7 heteroatoms. The van der Waals surface area contributed by atoms with Crippen molar-refractivity contribution in [1.82, 2.24) is 9.80 Å². The Balaban J connectivity index is 1.64. The van der Waals surface area contributed by atoms with Gasteiger partial charge in [-0.1, -0.05) is 15.9 Å². The predicted octanol–water partition coefficient (Wildman–Crippen LogP) is 2.46. The van der Waals surface area contributed by atoms with Crippen LogP contribution in [-0.4, -0.2) is 58.0 Å². The molecule has 2 N–H and O–H groups in total. The van der Waals surface area contributed by atoms with Gasteiger partial charge in [0.15, 0.2) is 0 Å². The predicted molar refractivity (Wildman–Crippen MR) is 95.7 cm³/mol. The Kier molecular flexibility index (Phi) is 4.94. The minimum atomic E-state index is -0.276. The average Bonchev–Trinajstić information content (AvgIpc) is 2.60. The van der Waals surface area contributed by atoms with Gasteiger partial charge in [0.2, 0.25) is 0 Å². The van der Waals surface area contributed by atoms with Gasteiger partial charge in [-0.15, -0.1) is 0 Å². The molecule has 1 aliphatic heterocycles. The van der Waals surface area contributed by atoms with Gasteiger partial charge in [0, 0.05) is 47.8 Å². The summed E-state index contributed by atoms with van der Waals surface area (Å²) in [5.41, 5.74) is 0.839. The van der Waals surface area contributed by atoms with Gasteiger partial charge in [-0.25, -0.2) is 0 Å². The van der Waals surface area contributed by atoms with Gasteiger partial charge >= 0.3 is 0 Å². The summed E-state index contributed by atoms with van der Waals surface area (Å²) >= 11 is 3.34. The summed E-state index contributed by atoms with van der Waals surface area (Å²) in [5.74, 6) is -0.656. The zero-order valence-electron chi connectivity index (χ0n) is 13.4. The van der Waals surface area contributed by atoms with Gasteiger partial charge in [0.05, 0.1) is 0 Å². The van der Waals surface area contributed by atoms with Crippen LogP contribution in [0.2, 0.25) is 0 Å². The van der Waals surface area contributed by atoms with Crippen LogP contribution < -0.4 is 0 Å². The maximum absolute atomic E-state index is 12.5. The number of amides is 2. The number of hydrogen-bond acceptors (Lipinski definition) is 4. The molecule has 0 radical (unpaired) electrons. The molecule has 3 rings (SSSR count). The van der Waals surface area contributed by atoms with Crippen molar-refractivity contribution in [2.24, 2.45) is 0 Å². The molecule has 2 amide bonds. The number of halogens is 1. The highest BCUT2D eigenvalue weighted by molar-refractivity contribution is 9.10. The molecule has 6 nitrogen and oxygen atoms in total. The molecule has 130 valence electrons. The van der Waals surface area contributed by atoms with E-state index in [1.165, 1.54) is 18.2 Å². The lowest BCUT2D eigenvalue weighted by atomic mass is 10.1. The number of rotatable bonds is 2. The topological polar surface area (TPSA) is 81.1 Å². The van der Waals surface area contributed by atoms with E-state index in [9.17, 15) is 19.8 Å². The minimum Gasteiger partial charge on any atom is -0.508 e. The van der Waals surface area contributed by atoms with Crippen LogP contribution in [0.1, 0.15) is 20.7 Å². The van der Waals surface area contributed by atoms with Crippen molar-refractivity contribution in [3.8, 4) is 11.5 Å². The summed E-state index contributed by atoms with van der Waals surface area (Å²) < 4.78 is 0.911. The highest BCUT2D eigenvalue weighted by Gasteiger charge is 2.25. The second kappa shape index (κ2) is 7.14. The van der Waals surface area contributed by atoms with E-state index in [0.29, 0.717) is 31.7 Å². The van der Waals surface area contributed by atoms with E-state index >= 15 is 0 Å². The van der Waals surface area contributed by atoms with Gasteiger partial charge in [0.1, 0.15) is 11.5 Å². The summed E-state index contributed by atoms with van der Waals surface area (Å²) in [4.78, 5) is 28.3. The highest BCUT2D eigenvalue weighted by Crippen LogP contribution is 2.22. The summed E-state index contributed by atoms with van der Waals surface area (Å²) in [5, 5.41) is 19.0. The molecule has 1 aliphatic rings. The van der Waals surface area contributed by atoms with Crippen LogP contribution in [-0.2, 0) is 0 Å². The SMILES string of the molecule is O=C(c1ccc(Br)cc1)N1CCN(C(=O)c2cc(O)cc(O)c2)CC1. The number of phenols is 2. The largest absolute Gasteiger partial charge is 0.508 e. The molecule has 0 saturated carbocycles. The van der Waals surface area contributed by atoms with Gasteiger partial charge < -0.3 is 20.0 Å². The third kappa shape index (κ3) is 3.93. The Bertz CT molecular complexity index is 779. The Labute approximate surface area is 153 Å². The van der Waals surface area contributed by atoms with Crippen molar-refractivity contribution in [1.29, 1.82) is 0 Å². The Hall–Kier alpha value is -2.54. The van der Waals surface area contributed by atoms with Gasteiger partial charge in [-0.2, -0.15) is 0 Å². The van der Waals surface area contributed by atoms with Gasteiger partial charge in [0.25, 0.3) is 11.8 Å². The number of nitrogens with zero attached hydrogens (tertiary/aromatic N) is 2. The number of carbonyl (C=O) groups excluding carboxylic acids is 2. The minimum absolute atomic E-state index is 0.0606. The first-order valence-electron chi connectivity index (χ1n) is 7.81. The lowest BCUT2D eigenvalue weighted by Gasteiger charge is -2.35. The van der Waals surface area contributed by atoms with Crippen molar-refractivity contribution < 1.29 is 19.8 Å². The molecule has 0 bridgehead atoms. The number of piperazine rings is 1. The Morgan fingerprint density at radius 1 is 0.760 bits per heavy atom. The molecular weight excluding hydrogens is 388 g/mol. The van der Waals surface area contributed by atoms with E-state index in [2.05, 4.69) is 15.9 Å². The normalized spacial score (nSPS) is 14.4. The molecular formula is C18H17BrN2O4. The summed E-state index contributed by atoms with van der Waals surface area (Å²) in [6.45, 7) is 1.67. The Morgan fingerprint density at radius 3 is 1.68 bits per heavy atom. The second-order valence-corrected chi connectivity index (χ2v) is 6.75. The molecule has 25 heavy (non-hydrogen) atoms. The van der Waals surface area contributed by atoms with Crippen LogP contribution in [0.4, 0.5) is 0 Å². The van der Waals surface area contributed by atoms with E-state index < -0.39 is 0 Å². The number of carbonyl (C=O) groups is 2. The Morgan fingerprint density at radius 2 is 1.20 bits per heavy atom. The molecule has 0 unspecified atom stereocenters. The summed E-state index contributed by atoms with van der Waals surface area (Å²) in [7, 11) is 0. The van der Waals surface area contributed by atoms with Gasteiger partial charge in [-0.05, 0) is 36.4 Å². The zero-order chi connectivity index (χ0) is 18.0. The molecule has 1 fully saturated rings. The molecule has 0 atom stereocenters. The smallest absolute Gasteiger partial charge is 0.254 e. The van der Waals surface area contributed by atoms with Crippen molar-refractivity contribution in [3.63, 3.8) is 0 Å². The van der Waals surface area contributed by atoms with Crippen molar-refractivity contribution in [3.05, 3.63) is 58.1 Å². The molecule has 2 aromatic carbocycles. The van der Waals surface area contributed by atoms with Crippen LogP contribution in [0.15, 0.2) is 46.9 Å². The quantitative estimate of drug-likeness (QED) is 0.805. The number of aromatic hydroxyl groups is 2. The standard InChI is InChI=1S/C18H17BrN2O4/c19-14-3-1-12(2-4-14)17(24)20-5-7-21(8-6-20)18(25)13-9-15(22)11-16(23)10-13/h1-4,9-11,22-23H,5-8H2. The lowest BCUT2D eigenvalue weighted by molar-refractivity contribution is 0.0535. The first-order chi connectivity index (χ1) is 11.9. The third-order valence-electron chi connectivity index (χ3n) is 4.09. The maximum Gasteiger partial charge on any atom is 0.254 e. The van der Waals surface area contributed by atoms with Crippen molar-refractivity contribution >= 4 is 27.7 Å². The third-order valence-corrected chi connectivity index (χ3v) is 4.62. The molecule has 2 aromatic rings. The summed E-state index contributed by atoms with van der Waals surface area (Å²) in [6.07, 6.45) is 0. The van der Waals surface area contributed by atoms with E-state index in [1.54, 1.807) is 21.9 Å². The number of benzene rings is 2. The fourth-order valence-electron chi connectivity index (χ4n) is 2.79. The van der Waals surface area contributed by atoms with Crippen LogP contribution >= 0.6 is 15.9 Å². The highest BCUT2D eigenvalue weighted by atomic mass is 79.9. The van der Waals surface area contributed by atoms with Crippen molar-refractivity contribution in [2.75, 3.05) is 26.2 Å². The maximum atomic E-state index is 12.5. The zero-order valence-corrected chi connectivity index (χ0v) is 14.9. The first kappa shape index (κ1) is 17.3. The van der Waals surface area contributed by atoms with Crippen molar-refractivity contribution in [2.45, 2.75) is 0 Å². The van der Waals surface area contributed by atoms with E-state index in [0.717, 1.165) is 4.47 Å². The van der Waals surface area contributed by atoms with E-state index in [1.807, 2.05) is 12.1 Å². The van der Waals surface area contributed by atoms with E-state index in [-0.39, 0.29) is 28.9 Å². The number of phenolic OH excluding ortho intramolecular Hbond substituents is 2. The molecule has 0 spiro atoms. The first-order valence-corrected chi connectivity index (χ1v) is 8.60. The van der Waals surface area contributed by atoms with Crippen LogP contribution in [0, 0.1) is 0 Å². The fourth-order valence-corrected chi connectivity index (χ4v) is 3.05. The fraction of sp³-hybridized carbons (Fsp3) is 0.222. The van der Waals surface area contributed by atoms with Gasteiger partial charge in [-0.3, -0.25) is 9.59 Å². The molecule has 1 heterocycles. The summed E-state index contributed by atoms with van der Waals surface area (Å²) in [6, 6.07) is 11.0. The lowest BCUT2D eigenvalue weighted by Crippen LogP contribution is -2.50. The van der Waals surface area contributed by atoms with Crippen LogP contribution in [0.5, 0.6) is 11.5 Å². The second-order valence-electron chi connectivity index (χ2n) is 5.83. The van der Waals surface area contributed by atoms with Crippen LogP contribution in [0.3, 0.4) is 0 Å². The van der Waals surface area contributed by atoms with E-state index in [4.69, 9.17) is 0 Å². The number of hydrogen-bond donors (Lipinski definition) is 2. The monoisotopic (exact) mass is 404 g/mol. The molecule has 0 aliphatic carbocycles.